The monoisotopic (exact) mass is 319 g/mol. The Balaban J connectivity index is 1.75. The third kappa shape index (κ3) is 2.89. The van der Waals surface area contributed by atoms with E-state index < -0.39 is 9.84 Å². The molecular formula is C15H17N3O3S. The van der Waals surface area contributed by atoms with Crippen molar-refractivity contribution in [1.82, 2.24) is 14.7 Å². The molecule has 1 saturated heterocycles. The Bertz CT molecular complexity index is 767. The van der Waals surface area contributed by atoms with E-state index in [0.717, 1.165) is 5.69 Å². The fraction of sp³-hybridized carbons (Fsp3) is 0.333. The van der Waals surface area contributed by atoms with Crippen LogP contribution in [0.25, 0.3) is 5.69 Å². The van der Waals surface area contributed by atoms with Gasteiger partial charge in [0, 0.05) is 31.0 Å². The van der Waals surface area contributed by atoms with E-state index >= 15 is 0 Å². The smallest absolute Gasteiger partial charge is 0.253 e. The fourth-order valence-corrected chi connectivity index (χ4v) is 4.40. The zero-order chi connectivity index (χ0) is 15.7. The summed E-state index contributed by atoms with van der Waals surface area (Å²) in [6.45, 7) is 0. The van der Waals surface area contributed by atoms with E-state index in [1.54, 1.807) is 30.1 Å². The van der Waals surface area contributed by atoms with Gasteiger partial charge in [0.1, 0.15) is 0 Å². The number of nitrogens with zero attached hydrogens (tertiary/aromatic N) is 3. The molecule has 0 radical (unpaired) electrons. The highest BCUT2D eigenvalue weighted by Gasteiger charge is 2.32. The summed E-state index contributed by atoms with van der Waals surface area (Å²) in [4.78, 5) is 14.0. The molecule has 1 fully saturated rings. The first-order chi connectivity index (χ1) is 10.5. The summed E-state index contributed by atoms with van der Waals surface area (Å²) in [7, 11) is -1.34. The van der Waals surface area contributed by atoms with Gasteiger partial charge in [-0.25, -0.2) is 13.1 Å². The zero-order valence-electron chi connectivity index (χ0n) is 12.2. The fourth-order valence-electron chi connectivity index (χ4n) is 2.63. The summed E-state index contributed by atoms with van der Waals surface area (Å²) in [6, 6.07) is 8.70. The van der Waals surface area contributed by atoms with Crippen molar-refractivity contribution in [3.05, 3.63) is 48.3 Å². The minimum Gasteiger partial charge on any atom is -0.338 e. The maximum Gasteiger partial charge on any atom is 0.253 e. The second kappa shape index (κ2) is 5.57. The minimum absolute atomic E-state index is 0.0562. The van der Waals surface area contributed by atoms with E-state index in [1.807, 2.05) is 24.4 Å². The number of carbonyl (C=O) groups is 1. The summed E-state index contributed by atoms with van der Waals surface area (Å²) in [5.74, 6) is 0.0582. The Hall–Kier alpha value is -2.15. The first kappa shape index (κ1) is 14.8. The van der Waals surface area contributed by atoms with Crippen molar-refractivity contribution in [2.75, 3.05) is 18.6 Å². The van der Waals surface area contributed by atoms with Crippen molar-refractivity contribution in [2.24, 2.45) is 0 Å². The SMILES string of the molecule is CN(C(=O)c1ccc(-n2cccn2)cc1)[C@@H]1CCS(=O)(=O)C1. The van der Waals surface area contributed by atoms with E-state index in [9.17, 15) is 13.2 Å². The van der Waals surface area contributed by atoms with Gasteiger partial charge in [0.2, 0.25) is 0 Å². The van der Waals surface area contributed by atoms with Crippen molar-refractivity contribution in [1.29, 1.82) is 0 Å². The van der Waals surface area contributed by atoms with Gasteiger partial charge in [0.15, 0.2) is 9.84 Å². The lowest BCUT2D eigenvalue weighted by Crippen LogP contribution is -2.37. The van der Waals surface area contributed by atoms with Crippen molar-refractivity contribution >= 4 is 15.7 Å². The van der Waals surface area contributed by atoms with Gasteiger partial charge in [0.05, 0.1) is 17.2 Å². The molecule has 2 heterocycles. The molecule has 1 aromatic heterocycles. The molecule has 0 saturated carbocycles. The molecular weight excluding hydrogens is 302 g/mol. The average Bonchev–Trinajstić information content (AvgIpc) is 3.15. The summed E-state index contributed by atoms with van der Waals surface area (Å²) < 4.78 is 24.8. The van der Waals surface area contributed by atoms with Gasteiger partial charge in [-0.15, -0.1) is 0 Å². The maximum absolute atomic E-state index is 12.4. The summed E-state index contributed by atoms with van der Waals surface area (Å²) >= 11 is 0. The van der Waals surface area contributed by atoms with Crippen LogP contribution in [0.5, 0.6) is 0 Å². The highest BCUT2D eigenvalue weighted by Crippen LogP contribution is 2.19. The standard InChI is InChI=1S/C15H17N3O3S/c1-17(14-7-10-22(20,21)11-14)15(19)12-3-5-13(6-4-12)18-9-2-8-16-18/h2-6,8-9,14H,7,10-11H2,1H3/t14-/m1/s1. The lowest BCUT2D eigenvalue weighted by Gasteiger charge is -2.23. The van der Waals surface area contributed by atoms with Crippen LogP contribution < -0.4 is 0 Å². The Labute approximate surface area is 129 Å². The molecule has 116 valence electrons. The van der Waals surface area contributed by atoms with Crippen LogP contribution in [0, 0.1) is 0 Å². The van der Waals surface area contributed by atoms with Crippen LogP contribution in [0.4, 0.5) is 0 Å². The molecule has 7 heteroatoms. The van der Waals surface area contributed by atoms with Crippen LogP contribution in [0.2, 0.25) is 0 Å². The Kier molecular flexibility index (Phi) is 3.74. The van der Waals surface area contributed by atoms with Crippen molar-refractivity contribution in [2.45, 2.75) is 12.5 Å². The molecule has 2 aromatic rings. The third-order valence-electron chi connectivity index (χ3n) is 3.96. The predicted octanol–water partition coefficient (Wildman–Crippen LogP) is 1.13. The van der Waals surface area contributed by atoms with Crippen LogP contribution in [-0.2, 0) is 9.84 Å². The number of rotatable bonds is 3. The lowest BCUT2D eigenvalue weighted by molar-refractivity contribution is 0.0747. The third-order valence-corrected chi connectivity index (χ3v) is 5.71. The van der Waals surface area contributed by atoms with Crippen LogP contribution in [0.1, 0.15) is 16.8 Å². The zero-order valence-corrected chi connectivity index (χ0v) is 13.0. The molecule has 0 bridgehead atoms. The summed E-state index contributed by atoms with van der Waals surface area (Å²) in [5.41, 5.74) is 1.41. The van der Waals surface area contributed by atoms with Crippen LogP contribution in [-0.4, -0.2) is 53.6 Å². The van der Waals surface area contributed by atoms with E-state index in [4.69, 9.17) is 0 Å². The van der Waals surface area contributed by atoms with Crippen molar-refractivity contribution in [3.8, 4) is 5.69 Å². The summed E-state index contributed by atoms with van der Waals surface area (Å²) in [6.07, 6.45) is 4.02. The molecule has 1 aromatic carbocycles. The lowest BCUT2D eigenvalue weighted by atomic mass is 10.1. The number of benzene rings is 1. The average molecular weight is 319 g/mol. The second-order valence-corrected chi connectivity index (χ2v) is 7.70. The Morgan fingerprint density at radius 1 is 1.32 bits per heavy atom. The molecule has 0 unspecified atom stereocenters. The molecule has 1 aliphatic heterocycles. The quantitative estimate of drug-likeness (QED) is 0.850. The van der Waals surface area contributed by atoms with Crippen LogP contribution >= 0.6 is 0 Å². The van der Waals surface area contributed by atoms with Gasteiger partial charge in [-0.1, -0.05) is 0 Å². The molecule has 1 amide bonds. The maximum atomic E-state index is 12.4. The van der Waals surface area contributed by atoms with Crippen molar-refractivity contribution < 1.29 is 13.2 Å². The van der Waals surface area contributed by atoms with Gasteiger partial charge in [-0.3, -0.25) is 4.79 Å². The molecule has 0 aliphatic carbocycles. The molecule has 6 nitrogen and oxygen atoms in total. The molecule has 0 N–H and O–H groups in total. The molecule has 3 rings (SSSR count). The van der Waals surface area contributed by atoms with Crippen LogP contribution in [0.3, 0.4) is 0 Å². The number of aromatic nitrogens is 2. The number of amides is 1. The van der Waals surface area contributed by atoms with Crippen molar-refractivity contribution in [3.63, 3.8) is 0 Å². The molecule has 1 atom stereocenters. The summed E-state index contributed by atoms with van der Waals surface area (Å²) in [5, 5.41) is 4.13. The predicted molar refractivity (Wildman–Crippen MR) is 82.7 cm³/mol. The topological polar surface area (TPSA) is 72.3 Å². The number of sulfone groups is 1. The highest BCUT2D eigenvalue weighted by molar-refractivity contribution is 7.91. The second-order valence-electron chi connectivity index (χ2n) is 5.47. The number of hydrogen-bond donors (Lipinski definition) is 0. The van der Waals surface area contributed by atoms with Gasteiger partial charge >= 0.3 is 0 Å². The molecule has 1 aliphatic rings. The van der Waals surface area contributed by atoms with E-state index in [-0.39, 0.29) is 23.5 Å². The van der Waals surface area contributed by atoms with Gasteiger partial charge < -0.3 is 4.90 Å². The Morgan fingerprint density at radius 3 is 2.59 bits per heavy atom. The molecule has 0 spiro atoms. The van der Waals surface area contributed by atoms with E-state index in [2.05, 4.69) is 5.10 Å². The Morgan fingerprint density at radius 2 is 2.05 bits per heavy atom. The first-order valence-electron chi connectivity index (χ1n) is 7.04. The largest absolute Gasteiger partial charge is 0.338 e. The van der Waals surface area contributed by atoms with E-state index in [1.165, 1.54) is 4.90 Å². The molecule has 22 heavy (non-hydrogen) atoms. The number of hydrogen-bond acceptors (Lipinski definition) is 4. The minimum atomic E-state index is -3.00. The first-order valence-corrected chi connectivity index (χ1v) is 8.86. The number of carbonyl (C=O) groups excluding carboxylic acids is 1. The van der Waals surface area contributed by atoms with Crippen LogP contribution in [0.15, 0.2) is 42.7 Å². The van der Waals surface area contributed by atoms with Gasteiger partial charge in [0.25, 0.3) is 5.91 Å². The van der Waals surface area contributed by atoms with Gasteiger partial charge in [-0.05, 0) is 36.8 Å². The van der Waals surface area contributed by atoms with E-state index in [0.29, 0.717) is 12.0 Å². The highest BCUT2D eigenvalue weighted by atomic mass is 32.2. The normalized spacial score (nSPS) is 20.0. The van der Waals surface area contributed by atoms with Gasteiger partial charge in [-0.2, -0.15) is 5.10 Å².